The number of ether oxygens (including phenoxy) is 2. The molecule has 0 radical (unpaired) electrons. The summed E-state index contributed by atoms with van der Waals surface area (Å²) in [6.45, 7) is 4.41. The van der Waals surface area contributed by atoms with E-state index in [0.29, 0.717) is 0 Å². The van der Waals surface area contributed by atoms with E-state index in [0.717, 1.165) is 56.4 Å². The molecule has 3 rings (SSSR count). The van der Waals surface area contributed by atoms with Crippen molar-refractivity contribution in [3.8, 4) is 11.5 Å². The van der Waals surface area contributed by atoms with E-state index >= 15 is 0 Å². The molecule has 0 spiro atoms. The highest BCUT2D eigenvalue weighted by Gasteiger charge is 2.22. The van der Waals surface area contributed by atoms with E-state index in [-0.39, 0.29) is 6.10 Å². The molecule has 2 saturated heterocycles. The average molecular weight is 304 g/mol. The summed E-state index contributed by atoms with van der Waals surface area (Å²) in [6, 6.07) is 6.46. The van der Waals surface area contributed by atoms with Crippen molar-refractivity contribution in [3.05, 3.63) is 23.8 Å². The standard InChI is InChI=1S/C18H28N2O2/c1-20-10-7-16(13-20)22-17-4-3-15(12-18(17)21-2)11-14-5-8-19-9-6-14/h3-4,12,14,16,19H,5-11,13H2,1-2H3. The molecule has 4 nitrogen and oxygen atoms in total. The zero-order valence-electron chi connectivity index (χ0n) is 13.8. The topological polar surface area (TPSA) is 33.7 Å². The molecular weight excluding hydrogens is 276 g/mol. The molecule has 0 saturated carbocycles. The molecule has 1 unspecified atom stereocenters. The molecule has 2 heterocycles. The van der Waals surface area contributed by atoms with Crippen molar-refractivity contribution >= 4 is 0 Å². The Labute approximate surface area is 133 Å². The van der Waals surface area contributed by atoms with Crippen molar-refractivity contribution in [1.82, 2.24) is 10.2 Å². The Hall–Kier alpha value is -1.26. The fraction of sp³-hybridized carbons (Fsp3) is 0.667. The first-order valence-corrected chi connectivity index (χ1v) is 8.47. The summed E-state index contributed by atoms with van der Waals surface area (Å²) in [6.07, 6.45) is 5.07. The van der Waals surface area contributed by atoms with E-state index in [1.165, 1.54) is 18.4 Å². The number of nitrogens with zero attached hydrogens (tertiary/aromatic N) is 1. The summed E-state index contributed by atoms with van der Waals surface area (Å²) in [5.41, 5.74) is 1.36. The molecule has 22 heavy (non-hydrogen) atoms. The third-order valence-corrected chi connectivity index (χ3v) is 4.85. The lowest BCUT2D eigenvalue weighted by Gasteiger charge is -2.23. The minimum Gasteiger partial charge on any atom is -0.493 e. The van der Waals surface area contributed by atoms with Gasteiger partial charge >= 0.3 is 0 Å². The lowest BCUT2D eigenvalue weighted by atomic mass is 9.91. The average Bonchev–Trinajstić information content (AvgIpc) is 2.95. The lowest BCUT2D eigenvalue weighted by Crippen LogP contribution is -2.28. The minimum atomic E-state index is 0.286. The Kier molecular flexibility index (Phi) is 5.21. The number of rotatable bonds is 5. The van der Waals surface area contributed by atoms with Crippen LogP contribution in [0.25, 0.3) is 0 Å². The van der Waals surface area contributed by atoms with Gasteiger partial charge < -0.3 is 19.7 Å². The van der Waals surface area contributed by atoms with Gasteiger partial charge in [0.25, 0.3) is 0 Å². The molecule has 1 aromatic carbocycles. The van der Waals surface area contributed by atoms with E-state index in [2.05, 4.69) is 35.5 Å². The Balaban J connectivity index is 1.64. The van der Waals surface area contributed by atoms with Crippen molar-refractivity contribution in [2.24, 2.45) is 5.92 Å². The van der Waals surface area contributed by atoms with Crippen LogP contribution in [0.1, 0.15) is 24.8 Å². The number of hydrogen-bond acceptors (Lipinski definition) is 4. The van der Waals surface area contributed by atoms with Gasteiger partial charge in [0.2, 0.25) is 0 Å². The Morgan fingerprint density at radius 1 is 1.18 bits per heavy atom. The van der Waals surface area contributed by atoms with Crippen molar-refractivity contribution in [1.29, 1.82) is 0 Å². The molecule has 0 aromatic heterocycles. The monoisotopic (exact) mass is 304 g/mol. The molecule has 122 valence electrons. The van der Waals surface area contributed by atoms with Gasteiger partial charge in [0.15, 0.2) is 11.5 Å². The third-order valence-electron chi connectivity index (χ3n) is 4.85. The summed E-state index contributed by atoms with van der Waals surface area (Å²) in [7, 11) is 3.87. The number of benzene rings is 1. The van der Waals surface area contributed by atoms with Crippen LogP contribution in [0, 0.1) is 5.92 Å². The van der Waals surface area contributed by atoms with Gasteiger partial charge in [-0.1, -0.05) is 6.07 Å². The summed E-state index contributed by atoms with van der Waals surface area (Å²) in [4.78, 5) is 2.31. The van der Waals surface area contributed by atoms with E-state index in [1.54, 1.807) is 7.11 Å². The second-order valence-electron chi connectivity index (χ2n) is 6.67. The van der Waals surface area contributed by atoms with Gasteiger partial charge in [-0.2, -0.15) is 0 Å². The van der Waals surface area contributed by atoms with Crippen LogP contribution in [-0.4, -0.2) is 51.3 Å². The SMILES string of the molecule is COc1cc(CC2CCNCC2)ccc1OC1CCN(C)C1. The highest BCUT2D eigenvalue weighted by Crippen LogP contribution is 2.31. The summed E-state index contributed by atoms with van der Waals surface area (Å²) < 4.78 is 11.7. The van der Waals surface area contributed by atoms with Gasteiger partial charge in [-0.05, 0) is 69.4 Å². The smallest absolute Gasteiger partial charge is 0.161 e. The van der Waals surface area contributed by atoms with Crippen LogP contribution in [0.5, 0.6) is 11.5 Å². The maximum absolute atomic E-state index is 6.14. The Morgan fingerprint density at radius 3 is 2.68 bits per heavy atom. The molecule has 2 aliphatic rings. The van der Waals surface area contributed by atoms with Crippen LogP contribution in [0.4, 0.5) is 0 Å². The molecule has 0 bridgehead atoms. The first kappa shape index (κ1) is 15.6. The fourth-order valence-corrected chi connectivity index (χ4v) is 3.53. The van der Waals surface area contributed by atoms with Gasteiger partial charge in [-0.3, -0.25) is 0 Å². The summed E-state index contributed by atoms with van der Waals surface area (Å²) in [5.74, 6) is 2.55. The van der Waals surface area contributed by atoms with Crippen LogP contribution in [0.3, 0.4) is 0 Å². The lowest BCUT2D eigenvalue weighted by molar-refractivity contribution is 0.199. The van der Waals surface area contributed by atoms with Crippen molar-refractivity contribution in [2.75, 3.05) is 40.3 Å². The minimum absolute atomic E-state index is 0.286. The quantitative estimate of drug-likeness (QED) is 0.905. The molecule has 2 aliphatic heterocycles. The number of nitrogens with one attached hydrogen (secondary N) is 1. The van der Waals surface area contributed by atoms with Crippen molar-refractivity contribution < 1.29 is 9.47 Å². The second kappa shape index (κ2) is 7.34. The highest BCUT2D eigenvalue weighted by molar-refractivity contribution is 5.43. The second-order valence-corrected chi connectivity index (χ2v) is 6.67. The molecule has 1 N–H and O–H groups in total. The molecule has 0 amide bonds. The molecule has 0 aliphatic carbocycles. The number of piperidine rings is 1. The van der Waals surface area contributed by atoms with E-state index < -0.39 is 0 Å². The van der Waals surface area contributed by atoms with Crippen molar-refractivity contribution in [2.45, 2.75) is 31.8 Å². The summed E-state index contributed by atoms with van der Waals surface area (Å²) in [5, 5.41) is 3.43. The first-order chi connectivity index (χ1) is 10.7. The van der Waals surface area contributed by atoms with E-state index in [9.17, 15) is 0 Å². The van der Waals surface area contributed by atoms with Crippen LogP contribution in [0.15, 0.2) is 18.2 Å². The van der Waals surface area contributed by atoms with Crippen LogP contribution < -0.4 is 14.8 Å². The van der Waals surface area contributed by atoms with Gasteiger partial charge in [0.1, 0.15) is 6.10 Å². The predicted molar refractivity (Wildman–Crippen MR) is 88.8 cm³/mol. The van der Waals surface area contributed by atoms with E-state index in [1.807, 2.05) is 0 Å². The zero-order chi connectivity index (χ0) is 15.4. The number of likely N-dealkylation sites (tertiary alicyclic amines) is 1. The normalized spacial score (nSPS) is 23.6. The molecule has 1 atom stereocenters. The predicted octanol–water partition coefficient (Wildman–Crippen LogP) is 2.32. The van der Waals surface area contributed by atoms with Gasteiger partial charge in [-0.25, -0.2) is 0 Å². The third kappa shape index (κ3) is 3.93. The van der Waals surface area contributed by atoms with Crippen molar-refractivity contribution in [3.63, 3.8) is 0 Å². The Bertz CT molecular complexity index is 486. The highest BCUT2D eigenvalue weighted by atomic mass is 16.5. The zero-order valence-corrected chi connectivity index (χ0v) is 13.8. The first-order valence-electron chi connectivity index (χ1n) is 8.47. The maximum Gasteiger partial charge on any atom is 0.161 e. The molecular formula is C18H28N2O2. The van der Waals surface area contributed by atoms with Crippen LogP contribution in [0.2, 0.25) is 0 Å². The maximum atomic E-state index is 6.14. The van der Waals surface area contributed by atoms with Gasteiger partial charge in [0, 0.05) is 13.1 Å². The number of methoxy groups -OCH3 is 1. The summed E-state index contributed by atoms with van der Waals surface area (Å²) >= 11 is 0. The number of likely N-dealkylation sites (N-methyl/N-ethyl adjacent to an activating group) is 1. The fourth-order valence-electron chi connectivity index (χ4n) is 3.53. The van der Waals surface area contributed by atoms with E-state index in [4.69, 9.17) is 9.47 Å². The van der Waals surface area contributed by atoms with Crippen LogP contribution >= 0.6 is 0 Å². The van der Waals surface area contributed by atoms with Gasteiger partial charge in [0.05, 0.1) is 7.11 Å². The Morgan fingerprint density at radius 2 is 2.00 bits per heavy atom. The largest absolute Gasteiger partial charge is 0.493 e. The van der Waals surface area contributed by atoms with Gasteiger partial charge in [-0.15, -0.1) is 0 Å². The molecule has 1 aromatic rings. The van der Waals surface area contributed by atoms with Crippen LogP contribution in [-0.2, 0) is 6.42 Å². The molecule has 2 fully saturated rings. The molecule has 4 heteroatoms. The number of hydrogen-bond donors (Lipinski definition) is 1.